The molecule has 0 radical (unpaired) electrons. The van der Waals surface area contributed by atoms with E-state index >= 15 is 0 Å². The van der Waals surface area contributed by atoms with E-state index in [2.05, 4.69) is 26.6 Å². The van der Waals surface area contributed by atoms with Crippen molar-refractivity contribution in [3.05, 3.63) is 58.6 Å². The smallest absolute Gasteiger partial charge is 0.262 e. The molecule has 2 N–H and O–H groups in total. The van der Waals surface area contributed by atoms with Crippen LogP contribution in [0.25, 0.3) is 0 Å². The molecule has 1 aliphatic rings. The van der Waals surface area contributed by atoms with Gasteiger partial charge in [0.1, 0.15) is 5.75 Å². The first kappa shape index (κ1) is 16.5. The number of hydrogen-bond donors (Lipinski definition) is 2. The molecule has 0 heterocycles. The molecule has 5 nitrogen and oxygen atoms in total. The van der Waals surface area contributed by atoms with E-state index in [9.17, 15) is 9.59 Å². The number of rotatable bonds is 6. The third-order valence-corrected chi connectivity index (χ3v) is 3.98. The summed E-state index contributed by atoms with van der Waals surface area (Å²) in [6.45, 7) is -0.102. The zero-order chi connectivity index (χ0) is 16.9. The summed E-state index contributed by atoms with van der Waals surface area (Å²) in [7, 11) is 0. The minimum atomic E-state index is -0.283. The summed E-state index contributed by atoms with van der Waals surface area (Å²) in [6, 6.07) is 14.5. The number of carbonyl (C=O) groups is 2. The van der Waals surface area contributed by atoms with E-state index in [-0.39, 0.29) is 18.4 Å². The summed E-state index contributed by atoms with van der Waals surface area (Å²) in [5.41, 5.74) is 1.11. The van der Waals surface area contributed by atoms with Crippen molar-refractivity contribution in [3.63, 3.8) is 0 Å². The first-order valence-corrected chi connectivity index (χ1v) is 8.48. The average Bonchev–Trinajstić information content (AvgIpc) is 3.37. The molecule has 1 saturated carbocycles. The largest absolute Gasteiger partial charge is 0.484 e. The lowest BCUT2D eigenvalue weighted by Crippen LogP contribution is -2.25. The van der Waals surface area contributed by atoms with Crippen LogP contribution in [0.5, 0.6) is 5.75 Å². The summed E-state index contributed by atoms with van der Waals surface area (Å²) >= 11 is 3.35. The van der Waals surface area contributed by atoms with E-state index in [1.807, 2.05) is 12.1 Å². The van der Waals surface area contributed by atoms with Crippen LogP contribution < -0.4 is 15.4 Å². The molecule has 1 fully saturated rings. The Bertz CT molecular complexity index is 759. The summed E-state index contributed by atoms with van der Waals surface area (Å²) in [6.07, 6.45) is 2.07. The summed E-state index contributed by atoms with van der Waals surface area (Å²) in [4.78, 5) is 24.0. The number of nitrogens with one attached hydrogen (secondary N) is 2. The van der Waals surface area contributed by atoms with Crippen LogP contribution in [0.15, 0.2) is 53.0 Å². The van der Waals surface area contributed by atoms with E-state index in [1.165, 1.54) is 0 Å². The standard InChI is InChI=1S/C18H17BrN2O3/c19-13-4-2-6-16(10-13)24-11-17(22)20-15-5-1-3-12(9-15)18(23)21-14-7-8-14/h1-6,9-10,14H,7-8,11H2,(H,20,22)(H,21,23). The molecule has 0 unspecified atom stereocenters. The third-order valence-electron chi connectivity index (χ3n) is 3.49. The Hall–Kier alpha value is -2.34. The zero-order valence-electron chi connectivity index (χ0n) is 12.9. The van der Waals surface area contributed by atoms with Crippen molar-refractivity contribution in [2.45, 2.75) is 18.9 Å². The van der Waals surface area contributed by atoms with Crippen LogP contribution in [-0.4, -0.2) is 24.5 Å². The van der Waals surface area contributed by atoms with Crippen LogP contribution in [0.4, 0.5) is 5.69 Å². The zero-order valence-corrected chi connectivity index (χ0v) is 14.5. The van der Waals surface area contributed by atoms with Crippen LogP contribution in [0.3, 0.4) is 0 Å². The van der Waals surface area contributed by atoms with Gasteiger partial charge in [-0.3, -0.25) is 9.59 Å². The molecule has 6 heteroatoms. The van der Waals surface area contributed by atoms with E-state index < -0.39 is 0 Å². The minimum absolute atomic E-state index is 0.102. The van der Waals surface area contributed by atoms with Gasteiger partial charge in [-0.15, -0.1) is 0 Å². The summed E-state index contributed by atoms with van der Waals surface area (Å²) < 4.78 is 6.32. The van der Waals surface area contributed by atoms with Gasteiger partial charge in [0, 0.05) is 21.8 Å². The molecule has 0 aromatic heterocycles. The first-order chi connectivity index (χ1) is 11.6. The Morgan fingerprint density at radius 2 is 1.92 bits per heavy atom. The van der Waals surface area contributed by atoms with Gasteiger partial charge in [-0.05, 0) is 49.2 Å². The fourth-order valence-electron chi connectivity index (χ4n) is 2.14. The van der Waals surface area contributed by atoms with E-state index in [1.54, 1.807) is 36.4 Å². The van der Waals surface area contributed by atoms with Gasteiger partial charge in [-0.1, -0.05) is 28.1 Å². The van der Waals surface area contributed by atoms with Crippen molar-refractivity contribution in [1.29, 1.82) is 0 Å². The molecule has 124 valence electrons. The highest BCUT2D eigenvalue weighted by Crippen LogP contribution is 2.20. The second kappa shape index (κ2) is 7.49. The first-order valence-electron chi connectivity index (χ1n) is 7.69. The maximum Gasteiger partial charge on any atom is 0.262 e. The highest BCUT2D eigenvalue weighted by Gasteiger charge is 2.23. The van der Waals surface area contributed by atoms with E-state index in [0.717, 1.165) is 17.3 Å². The van der Waals surface area contributed by atoms with Crippen molar-refractivity contribution >= 4 is 33.4 Å². The second-order valence-electron chi connectivity index (χ2n) is 5.62. The molecule has 1 aliphatic carbocycles. The van der Waals surface area contributed by atoms with Gasteiger partial charge in [0.2, 0.25) is 0 Å². The number of hydrogen-bond acceptors (Lipinski definition) is 3. The van der Waals surface area contributed by atoms with Crippen molar-refractivity contribution in [2.24, 2.45) is 0 Å². The van der Waals surface area contributed by atoms with Gasteiger partial charge < -0.3 is 15.4 Å². The van der Waals surface area contributed by atoms with Gasteiger partial charge in [0.05, 0.1) is 0 Å². The van der Waals surface area contributed by atoms with Gasteiger partial charge in [-0.25, -0.2) is 0 Å². The lowest BCUT2D eigenvalue weighted by molar-refractivity contribution is -0.118. The molecule has 2 aromatic carbocycles. The maximum absolute atomic E-state index is 12.0. The fraction of sp³-hybridized carbons (Fsp3) is 0.222. The SMILES string of the molecule is O=C(COc1cccc(Br)c1)Nc1cccc(C(=O)NC2CC2)c1. The van der Waals surface area contributed by atoms with Crippen molar-refractivity contribution in [2.75, 3.05) is 11.9 Å². The Kier molecular flexibility index (Phi) is 5.15. The Balaban J connectivity index is 1.54. The predicted molar refractivity (Wildman–Crippen MR) is 95.2 cm³/mol. The van der Waals surface area contributed by atoms with Gasteiger partial charge in [0.25, 0.3) is 11.8 Å². The minimum Gasteiger partial charge on any atom is -0.484 e. The van der Waals surface area contributed by atoms with E-state index in [4.69, 9.17) is 4.74 Å². The third kappa shape index (κ3) is 4.83. The Labute approximate surface area is 148 Å². The molecule has 2 amide bonds. The fourth-order valence-corrected chi connectivity index (χ4v) is 2.52. The second-order valence-corrected chi connectivity index (χ2v) is 6.54. The molecule has 2 aromatic rings. The molecule has 0 saturated heterocycles. The van der Waals surface area contributed by atoms with Crippen LogP contribution in [0.2, 0.25) is 0 Å². The van der Waals surface area contributed by atoms with Gasteiger partial charge >= 0.3 is 0 Å². The maximum atomic E-state index is 12.0. The predicted octanol–water partition coefficient (Wildman–Crippen LogP) is 3.36. The number of anilines is 1. The molecule has 0 atom stereocenters. The number of halogens is 1. The molecule has 0 bridgehead atoms. The molecule has 3 rings (SSSR count). The van der Waals surface area contributed by atoms with Crippen LogP contribution >= 0.6 is 15.9 Å². The number of benzene rings is 2. The van der Waals surface area contributed by atoms with Crippen LogP contribution in [0.1, 0.15) is 23.2 Å². The van der Waals surface area contributed by atoms with Crippen molar-refractivity contribution in [1.82, 2.24) is 5.32 Å². The topological polar surface area (TPSA) is 67.4 Å². The van der Waals surface area contributed by atoms with Gasteiger partial charge in [0.15, 0.2) is 6.61 Å². The number of carbonyl (C=O) groups excluding carboxylic acids is 2. The van der Waals surface area contributed by atoms with Crippen molar-refractivity contribution in [3.8, 4) is 5.75 Å². The van der Waals surface area contributed by atoms with Crippen LogP contribution in [0, 0.1) is 0 Å². The monoisotopic (exact) mass is 388 g/mol. The molecular formula is C18H17BrN2O3. The highest BCUT2D eigenvalue weighted by atomic mass is 79.9. The average molecular weight is 389 g/mol. The molecule has 0 spiro atoms. The lowest BCUT2D eigenvalue weighted by Gasteiger charge is -2.09. The van der Waals surface area contributed by atoms with E-state index in [0.29, 0.717) is 23.0 Å². The lowest BCUT2D eigenvalue weighted by atomic mass is 10.2. The Morgan fingerprint density at radius 3 is 2.67 bits per heavy atom. The quantitative estimate of drug-likeness (QED) is 0.796. The molecule has 0 aliphatic heterocycles. The Morgan fingerprint density at radius 1 is 1.12 bits per heavy atom. The molecule has 24 heavy (non-hydrogen) atoms. The normalized spacial score (nSPS) is 13.2. The number of amides is 2. The van der Waals surface area contributed by atoms with Crippen molar-refractivity contribution < 1.29 is 14.3 Å². The highest BCUT2D eigenvalue weighted by molar-refractivity contribution is 9.10. The summed E-state index contributed by atoms with van der Waals surface area (Å²) in [5, 5.41) is 5.66. The number of ether oxygens (including phenoxy) is 1. The summed E-state index contributed by atoms with van der Waals surface area (Å²) in [5.74, 6) is 0.214. The van der Waals surface area contributed by atoms with Crippen LogP contribution in [-0.2, 0) is 4.79 Å². The van der Waals surface area contributed by atoms with Gasteiger partial charge in [-0.2, -0.15) is 0 Å². The molecular weight excluding hydrogens is 372 g/mol.